The molecule has 1 fully saturated rings. The standard InChI is InChI=1S/C24H25ClN6O2/c1-29-22(14-20(28-29)16-6-8-17(25)9-7-16)27-23(32)15-30-12-10-18(11-13-30)31-21-5-3-2-4-19(21)26-24(31)33/h2-9,14,18H,10-13,15H2,1H3,(H,26,33)(H,27,32). The Morgan fingerprint density at radius 1 is 1.15 bits per heavy atom. The summed E-state index contributed by atoms with van der Waals surface area (Å²) in [6.45, 7) is 1.81. The molecule has 0 aliphatic carbocycles. The van der Waals surface area contributed by atoms with Crippen LogP contribution in [0, 0.1) is 0 Å². The van der Waals surface area contributed by atoms with Gasteiger partial charge >= 0.3 is 5.69 Å². The van der Waals surface area contributed by atoms with Crippen molar-refractivity contribution in [3.05, 3.63) is 70.1 Å². The second-order valence-electron chi connectivity index (χ2n) is 8.42. The van der Waals surface area contributed by atoms with Gasteiger partial charge in [0.2, 0.25) is 5.91 Å². The molecule has 0 unspecified atom stereocenters. The first kappa shape index (κ1) is 21.5. The number of hydrogen-bond acceptors (Lipinski definition) is 4. The van der Waals surface area contributed by atoms with E-state index in [4.69, 9.17) is 11.6 Å². The first-order valence-electron chi connectivity index (χ1n) is 11.0. The molecule has 1 amide bonds. The number of rotatable bonds is 5. The molecule has 0 saturated carbocycles. The molecular weight excluding hydrogens is 440 g/mol. The van der Waals surface area contributed by atoms with Crippen LogP contribution in [-0.4, -0.2) is 49.8 Å². The molecule has 3 heterocycles. The van der Waals surface area contributed by atoms with Gasteiger partial charge in [-0.05, 0) is 37.1 Å². The average Bonchev–Trinajstić information content (AvgIpc) is 3.33. The van der Waals surface area contributed by atoms with Crippen LogP contribution in [0.25, 0.3) is 22.3 Å². The van der Waals surface area contributed by atoms with Crippen molar-refractivity contribution in [2.24, 2.45) is 7.05 Å². The SMILES string of the molecule is Cn1nc(-c2ccc(Cl)cc2)cc1NC(=O)CN1CCC(n2c(=O)[nH]c3ccccc32)CC1. The van der Waals surface area contributed by atoms with Crippen molar-refractivity contribution in [3.63, 3.8) is 0 Å². The third-order valence-electron chi connectivity index (χ3n) is 6.20. The predicted octanol–water partition coefficient (Wildman–Crippen LogP) is 3.66. The summed E-state index contributed by atoms with van der Waals surface area (Å²) < 4.78 is 3.53. The Bertz CT molecular complexity index is 1350. The molecule has 33 heavy (non-hydrogen) atoms. The van der Waals surface area contributed by atoms with Gasteiger partial charge in [0.25, 0.3) is 0 Å². The largest absolute Gasteiger partial charge is 0.326 e. The van der Waals surface area contributed by atoms with Gasteiger partial charge in [0, 0.05) is 42.8 Å². The fourth-order valence-electron chi connectivity index (χ4n) is 4.50. The molecule has 0 spiro atoms. The molecule has 1 aliphatic heterocycles. The Hall–Kier alpha value is -3.36. The minimum atomic E-state index is -0.0802. The summed E-state index contributed by atoms with van der Waals surface area (Å²) in [6, 6.07) is 17.2. The smallest absolute Gasteiger partial charge is 0.310 e. The van der Waals surface area contributed by atoms with Crippen LogP contribution < -0.4 is 11.0 Å². The normalized spacial score (nSPS) is 15.2. The molecule has 0 radical (unpaired) electrons. The number of para-hydroxylation sites is 2. The van der Waals surface area contributed by atoms with Crippen LogP contribution in [0.3, 0.4) is 0 Å². The van der Waals surface area contributed by atoms with Gasteiger partial charge in [-0.2, -0.15) is 5.10 Å². The number of carbonyl (C=O) groups is 1. The van der Waals surface area contributed by atoms with Crippen molar-refractivity contribution >= 4 is 34.4 Å². The summed E-state index contributed by atoms with van der Waals surface area (Å²) in [5, 5.41) is 8.12. The molecule has 5 rings (SSSR count). The predicted molar refractivity (Wildman–Crippen MR) is 130 cm³/mol. The van der Waals surface area contributed by atoms with Gasteiger partial charge < -0.3 is 10.3 Å². The quantitative estimate of drug-likeness (QED) is 0.472. The Balaban J connectivity index is 1.19. The lowest BCUT2D eigenvalue weighted by molar-refractivity contribution is -0.117. The number of H-pyrrole nitrogens is 1. The van der Waals surface area contributed by atoms with Crippen molar-refractivity contribution in [3.8, 4) is 11.3 Å². The summed E-state index contributed by atoms with van der Waals surface area (Å²) in [4.78, 5) is 30.2. The van der Waals surface area contributed by atoms with E-state index in [1.807, 2.05) is 59.2 Å². The third kappa shape index (κ3) is 4.44. The van der Waals surface area contributed by atoms with Crippen LogP contribution in [0.1, 0.15) is 18.9 Å². The first-order valence-corrected chi connectivity index (χ1v) is 11.4. The number of nitrogens with one attached hydrogen (secondary N) is 2. The number of amides is 1. The topological polar surface area (TPSA) is 87.9 Å². The van der Waals surface area contributed by atoms with Crippen LogP contribution in [0.5, 0.6) is 0 Å². The molecule has 1 aliphatic rings. The zero-order chi connectivity index (χ0) is 22.9. The summed E-state index contributed by atoms with van der Waals surface area (Å²) in [6.07, 6.45) is 1.64. The van der Waals surface area contributed by atoms with E-state index in [-0.39, 0.29) is 17.6 Å². The maximum absolute atomic E-state index is 12.7. The molecule has 170 valence electrons. The van der Waals surface area contributed by atoms with Crippen molar-refractivity contribution in [1.82, 2.24) is 24.2 Å². The summed E-state index contributed by atoms with van der Waals surface area (Å²) in [5.74, 6) is 0.563. The Morgan fingerprint density at radius 2 is 1.88 bits per heavy atom. The average molecular weight is 465 g/mol. The highest BCUT2D eigenvalue weighted by molar-refractivity contribution is 6.30. The maximum atomic E-state index is 12.7. The van der Waals surface area contributed by atoms with Crippen molar-refractivity contribution in [2.45, 2.75) is 18.9 Å². The fourth-order valence-corrected chi connectivity index (χ4v) is 4.63. The molecule has 2 N–H and O–H groups in total. The maximum Gasteiger partial charge on any atom is 0.326 e. The number of likely N-dealkylation sites (tertiary alicyclic amines) is 1. The summed E-state index contributed by atoms with van der Waals surface area (Å²) >= 11 is 5.96. The second kappa shape index (κ2) is 8.88. The number of aromatic nitrogens is 4. The molecule has 0 atom stereocenters. The lowest BCUT2D eigenvalue weighted by atomic mass is 10.0. The number of piperidine rings is 1. The third-order valence-corrected chi connectivity index (χ3v) is 6.45. The van der Waals surface area contributed by atoms with E-state index in [1.54, 1.807) is 11.7 Å². The second-order valence-corrected chi connectivity index (χ2v) is 8.85. The van der Waals surface area contributed by atoms with Gasteiger partial charge in [-0.15, -0.1) is 0 Å². The minimum Gasteiger partial charge on any atom is -0.310 e. The van der Waals surface area contributed by atoms with Gasteiger partial charge in [-0.25, -0.2) is 4.79 Å². The number of anilines is 1. The van der Waals surface area contributed by atoms with Crippen LogP contribution in [0.2, 0.25) is 5.02 Å². The molecule has 8 nitrogen and oxygen atoms in total. The molecular formula is C24H25ClN6O2. The summed E-state index contributed by atoms with van der Waals surface area (Å²) in [7, 11) is 1.81. The zero-order valence-corrected chi connectivity index (χ0v) is 19.0. The first-order chi connectivity index (χ1) is 16.0. The highest BCUT2D eigenvalue weighted by Crippen LogP contribution is 2.25. The Kier molecular flexibility index (Phi) is 5.78. The number of halogens is 1. The number of nitrogens with zero attached hydrogens (tertiary/aromatic N) is 4. The van der Waals surface area contributed by atoms with Gasteiger partial charge in [0.15, 0.2) is 0 Å². The summed E-state index contributed by atoms with van der Waals surface area (Å²) in [5.41, 5.74) is 3.43. The van der Waals surface area contributed by atoms with Crippen LogP contribution >= 0.6 is 11.6 Å². The highest BCUT2D eigenvalue weighted by Gasteiger charge is 2.25. The van der Waals surface area contributed by atoms with Crippen molar-refractivity contribution in [1.29, 1.82) is 0 Å². The van der Waals surface area contributed by atoms with Crippen molar-refractivity contribution < 1.29 is 4.79 Å². The highest BCUT2D eigenvalue weighted by atomic mass is 35.5. The lowest BCUT2D eigenvalue weighted by Gasteiger charge is -2.32. The lowest BCUT2D eigenvalue weighted by Crippen LogP contribution is -2.41. The van der Waals surface area contributed by atoms with E-state index in [0.29, 0.717) is 17.4 Å². The van der Waals surface area contributed by atoms with Gasteiger partial charge in [0.05, 0.1) is 23.3 Å². The van der Waals surface area contributed by atoms with Gasteiger partial charge in [-0.1, -0.05) is 35.9 Å². The zero-order valence-electron chi connectivity index (χ0n) is 18.3. The minimum absolute atomic E-state index is 0.0694. The van der Waals surface area contributed by atoms with Crippen LogP contribution in [0.4, 0.5) is 5.82 Å². The number of carbonyl (C=O) groups excluding carboxylic acids is 1. The fraction of sp³-hybridized carbons (Fsp3) is 0.292. The monoisotopic (exact) mass is 464 g/mol. The van der Waals surface area contributed by atoms with E-state index in [2.05, 4.69) is 20.3 Å². The van der Waals surface area contributed by atoms with Crippen LogP contribution in [-0.2, 0) is 11.8 Å². The van der Waals surface area contributed by atoms with Gasteiger partial charge in [0.1, 0.15) is 5.82 Å². The number of fused-ring (bicyclic) bond motifs is 1. The number of imidazole rings is 1. The Labute approximate surface area is 195 Å². The number of hydrogen-bond donors (Lipinski definition) is 2. The van der Waals surface area contributed by atoms with E-state index < -0.39 is 0 Å². The van der Waals surface area contributed by atoms with Gasteiger partial charge in [-0.3, -0.25) is 18.9 Å². The van der Waals surface area contributed by atoms with Crippen molar-refractivity contribution in [2.75, 3.05) is 25.0 Å². The molecule has 2 aromatic heterocycles. The molecule has 4 aromatic rings. The van der Waals surface area contributed by atoms with Crippen LogP contribution in [0.15, 0.2) is 59.4 Å². The number of aryl methyl sites for hydroxylation is 1. The van der Waals surface area contributed by atoms with E-state index >= 15 is 0 Å². The molecule has 9 heteroatoms. The number of benzene rings is 2. The Morgan fingerprint density at radius 3 is 2.64 bits per heavy atom. The van der Waals surface area contributed by atoms with E-state index in [1.165, 1.54) is 0 Å². The molecule has 0 bridgehead atoms. The molecule has 1 saturated heterocycles. The number of aromatic amines is 1. The van der Waals surface area contributed by atoms with E-state index in [9.17, 15) is 9.59 Å². The van der Waals surface area contributed by atoms with E-state index in [0.717, 1.165) is 48.2 Å². The molecule has 2 aromatic carbocycles.